The molecule has 0 saturated carbocycles. The zero-order valence-electron chi connectivity index (χ0n) is 8.20. The SMILES string of the molecule is CC1(Br)C=CC(c2ccccc2)=CC1. The third kappa shape index (κ3) is 2.16. The summed E-state index contributed by atoms with van der Waals surface area (Å²) in [4.78, 5) is 0. The van der Waals surface area contributed by atoms with Crippen LogP contribution in [0.2, 0.25) is 0 Å². The van der Waals surface area contributed by atoms with Gasteiger partial charge in [-0.3, -0.25) is 0 Å². The van der Waals surface area contributed by atoms with Crippen LogP contribution in [-0.2, 0) is 0 Å². The summed E-state index contributed by atoms with van der Waals surface area (Å²) >= 11 is 3.66. The zero-order chi connectivity index (χ0) is 10.0. The fourth-order valence-electron chi connectivity index (χ4n) is 1.55. The molecular weight excluding hydrogens is 236 g/mol. The smallest absolute Gasteiger partial charge is 0.0446 e. The number of halogens is 1. The van der Waals surface area contributed by atoms with Crippen molar-refractivity contribution in [2.45, 2.75) is 17.7 Å². The largest absolute Gasteiger partial charge is 0.0807 e. The molecule has 0 nitrogen and oxygen atoms in total. The summed E-state index contributed by atoms with van der Waals surface area (Å²) in [6, 6.07) is 10.5. The van der Waals surface area contributed by atoms with Gasteiger partial charge in [0.05, 0.1) is 0 Å². The predicted octanol–water partition coefficient (Wildman–Crippen LogP) is 4.18. The highest BCUT2D eigenvalue weighted by molar-refractivity contribution is 9.10. The maximum absolute atomic E-state index is 3.66. The van der Waals surface area contributed by atoms with Gasteiger partial charge < -0.3 is 0 Å². The monoisotopic (exact) mass is 248 g/mol. The second kappa shape index (κ2) is 3.74. The number of hydrogen-bond acceptors (Lipinski definition) is 0. The van der Waals surface area contributed by atoms with Crippen LogP contribution < -0.4 is 0 Å². The Kier molecular flexibility index (Phi) is 2.60. The minimum Gasteiger partial charge on any atom is -0.0807 e. The molecule has 0 spiro atoms. The Labute approximate surface area is 93.5 Å². The molecule has 1 aliphatic rings. The van der Waals surface area contributed by atoms with Crippen LogP contribution in [-0.4, -0.2) is 4.32 Å². The first-order valence-corrected chi connectivity index (χ1v) is 5.60. The molecule has 0 saturated heterocycles. The number of allylic oxidation sites excluding steroid dienone is 4. The van der Waals surface area contributed by atoms with Crippen molar-refractivity contribution < 1.29 is 0 Å². The van der Waals surface area contributed by atoms with Crippen LogP contribution in [0.5, 0.6) is 0 Å². The molecule has 2 rings (SSSR count). The van der Waals surface area contributed by atoms with Gasteiger partial charge in [-0.2, -0.15) is 0 Å². The van der Waals surface area contributed by atoms with Crippen LogP contribution in [0.1, 0.15) is 18.9 Å². The Morgan fingerprint density at radius 2 is 1.93 bits per heavy atom. The second-order valence-electron chi connectivity index (χ2n) is 3.84. The molecule has 0 aromatic heterocycles. The van der Waals surface area contributed by atoms with Gasteiger partial charge in [-0.15, -0.1) is 0 Å². The van der Waals surface area contributed by atoms with Gasteiger partial charge in [0.15, 0.2) is 0 Å². The second-order valence-corrected chi connectivity index (χ2v) is 5.65. The lowest BCUT2D eigenvalue weighted by Crippen LogP contribution is -2.12. The van der Waals surface area contributed by atoms with E-state index in [0.717, 1.165) is 6.42 Å². The standard InChI is InChI=1S/C13H13Br/c1-13(14)9-7-12(8-10-13)11-5-3-2-4-6-11/h2-9H,10H2,1H3. The van der Waals surface area contributed by atoms with Crippen molar-refractivity contribution in [1.29, 1.82) is 0 Å². The van der Waals surface area contributed by atoms with E-state index >= 15 is 0 Å². The molecule has 0 amide bonds. The predicted molar refractivity (Wildman–Crippen MR) is 65.5 cm³/mol. The minimum atomic E-state index is 0.144. The van der Waals surface area contributed by atoms with Gasteiger partial charge in [-0.25, -0.2) is 0 Å². The summed E-state index contributed by atoms with van der Waals surface area (Å²) in [6.07, 6.45) is 7.74. The van der Waals surface area contributed by atoms with Gasteiger partial charge in [0.25, 0.3) is 0 Å². The van der Waals surface area contributed by atoms with Crippen LogP contribution in [0.4, 0.5) is 0 Å². The van der Waals surface area contributed by atoms with Gasteiger partial charge in [0.1, 0.15) is 0 Å². The molecule has 14 heavy (non-hydrogen) atoms. The first kappa shape index (κ1) is 9.72. The number of hydrogen-bond donors (Lipinski definition) is 0. The van der Waals surface area contributed by atoms with Crippen molar-refractivity contribution in [2.75, 3.05) is 0 Å². The average Bonchev–Trinajstić information content (AvgIpc) is 2.19. The van der Waals surface area contributed by atoms with Gasteiger partial charge >= 0.3 is 0 Å². The highest BCUT2D eigenvalue weighted by Gasteiger charge is 2.18. The lowest BCUT2D eigenvalue weighted by atomic mass is 9.94. The third-order valence-corrected chi connectivity index (χ3v) is 3.03. The van der Waals surface area contributed by atoms with E-state index in [1.165, 1.54) is 11.1 Å². The highest BCUT2D eigenvalue weighted by Crippen LogP contribution is 2.32. The van der Waals surface area contributed by atoms with E-state index in [0.29, 0.717) is 0 Å². The van der Waals surface area contributed by atoms with E-state index in [-0.39, 0.29) is 4.32 Å². The molecule has 0 aliphatic heterocycles. The van der Waals surface area contributed by atoms with Crippen molar-refractivity contribution in [2.24, 2.45) is 0 Å². The summed E-state index contributed by atoms with van der Waals surface area (Å²) < 4.78 is 0.144. The first-order valence-electron chi connectivity index (χ1n) is 4.81. The maximum Gasteiger partial charge on any atom is 0.0446 e. The number of rotatable bonds is 1. The molecule has 1 aromatic carbocycles. The van der Waals surface area contributed by atoms with Crippen molar-refractivity contribution in [1.82, 2.24) is 0 Å². The van der Waals surface area contributed by atoms with Crippen molar-refractivity contribution in [3.05, 3.63) is 54.1 Å². The summed E-state index contributed by atoms with van der Waals surface area (Å²) in [5, 5.41) is 0. The van der Waals surface area contributed by atoms with E-state index in [1.54, 1.807) is 0 Å². The Balaban J connectivity index is 2.25. The van der Waals surface area contributed by atoms with E-state index < -0.39 is 0 Å². The van der Waals surface area contributed by atoms with Gasteiger partial charge in [-0.05, 0) is 24.5 Å². The van der Waals surface area contributed by atoms with Crippen LogP contribution in [0.15, 0.2) is 48.6 Å². The maximum atomic E-state index is 3.66. The molecular formula is C13H13Br. The van der Waals surface area contributed by atoms with Crippen molar-refractivity contribution in [3.63, 3.8) is 0 Å². The molecule has 72 valence electrons. The Morgan fingerprint density at radius 3 is 2.50 bits per heavy atom. The summed E-state index contributed by atoms with van der Waals surface area (Å²) in [6.45, 7) is 2.18. The Hall–Kier alpha value is -0.820. The van der Waals surface area contributed by atoms with Crippen LogP contribution in [0.3, 0.4) is 0 Å². The topological polar surface area (TPSA) is 0 Å². The van der Waals surface area contributed by atoms with Crippen LogP contribution in [0, 0.1) is 0 Å². The van der Waals surface area contributed by atoms with Crippen LogP contribution >= 0.6 is 15.9 Å². The van der Waals surface area contributed by atoms with E-state index in [9.17, 15) is 0 Å². The third-order valence-electron chi connectivity index (χ3n) is 2.44. The quantitative estimate of drug-likeness (QED) is 0.655. The van der Waals surface area contributed by atoms with Gasteiger partial charge in [-0.1, -0.05) is 64.5 Å². The van der Waals surface area contributed by atoms with Gasteiger partial charge in [0, 0.05) is 4.32 Å². The molecule has 0 radical (unpaired) electrons. The molecule has 1 aromatic rings. The number of alkyl halides is 1. The molecule has 1 unspecified atom stereocenters. The van der Waals surface area contributed by atoms with Crippen molar-refractivity contribution in [3.8, 4) is 0 Å². The fraction of sp³-hybridized carbons (Fsp3) is 0.231. The molecule has 0 N–H and O–H groups in total. The van der Waals surface area contributed by atoms with Gasteiger partial charge in [0.2, 0.25) is 0 Å². The average molecular weight is 249 g/mol. The van der Waals surface area contributed by atoms with E-state index in [2.05, 4.69) is 65.3 Å². The minimum absolute atomic E-state index is 0.144. The molecule has 1 aliphatic carbocycles. The summed E-state index contributed by atoms with van der Waals surface area (Å²) in [7, 11) is 0. The van der Waals surface area contributed by atoms with E-state index in [1.807, 2.05) is 6.07 Å². The van der Waals surface area contributed by atoms with E-state index in [4.69, 9.17) is 0 Å². The molecule has 1 atom stereocenters. The fourth-order valence-corrected chi connectivity index (χ4v) is 1.85. The molecule has 1 heteroatoms. The lowest BCUT2D eigenvalue weighted by Gasteiger charge is -2.20. The lowest BCUT2D eigenvalue weighted by molar-refractivity contribution is 0.818. The Bertz CT molecular complexity index is 371. The Morgan fingerprint density at radius 1 is 1.21 bits per heavy atom. The molecule has 0 bridgehead atoms. The zero-order valence-corrected chi connectivity index (χ0v) is 9.79. The number of benzene rings is 1. The summed E-state index contributed by atoms with van der Waals surface area (Å²) in [5.74, 6) is 0. The van der Waals surface area contributed by atoms with Crippen molar-refractivity contribution >= 4 is 21.5 Å². The summed E-state index contributed by atoms with van der Waals surface area (Å²) in [5.41, 5.74) is 2.62. The first-order chi connectivity index (χ1) is 6.67. The highest BCUT2D eigenvalue weighted by atomic mass is 79.9. The van der Waals surface area contributed by atoms with Crippen LogP contribution in [0.25, 0.3) is 5.57 Å². The molecule has 0 fully saturated rings. The molecule has 0 heterocycles. The normalized spacial score (nSPS) is 26.0.